The predicted molar refractivity (Wildman–Crippen MR) is 111 cm³/mol. The number of hydrogen-bond donors (Lipinski definition) is 1. The van der Waals surface area contributed by atoms with Crippen LogP contribution in [0.2, 0.25) is 0 Å². The number of rotatable bonds is 7. The Morgan fingerprint density at radius 1 is 1.07 bits per heavy atom. The summed E-state index contributed by atoms with van der Waals surface area (Å²) in [6.45, 7) is 6.92. The summed E-state index contributed by atoms with van der Waals surface area (Å²) in [4.78, 5) is 0.359. The summed E-state index contributed by atoms with van der Waals surface area (Å²) in [5, 5.41) is -0.231. The first-order valence-electron chi connectivity index (χ1n) is 9.81. The van der Waals surface area contributed by atoms with E-state index in [1.54, 1.807) is 26.0 Å². The van der Waals surface area contributed by atoms with Crippen molar-refractivity contribution in [1.82, 2.24) is 4.72 Å². The topological polar surface area (TPSA) is 86.3 Å². The second-order valence-corrected chi connectivity index (χ2v) is 10.9. The van der Waals surface area contributed by atoms with E-state index < -0.39 is 21.1 Å². The molecule has 1 aromatic rings. The van der Waals surface area contributed by atoms with Crippen molar-refractivity contribution in [3.05, 3.63) is 29.8 Å². The van der Waals surface area contributed by atoms with Crippen molar-refractivity contribution in [2.45, 2.75) is 88.8 Å². The van der Waals surface area contributed by atoms with Gasteiger partial charge in [-0.2, -0.15) is 0 Å². The minimum atomic E-state index is -3.36. The van der Waals surface area contributed by atoms with E-state index in [9.17, 15) is 17.2 Å². The van der Waals surface area contributed by atoms with E-state index in [0.29, 0.717) is 4.90 Å². The highest BCUT2D eigenvalue weighted by molar-refractivity contribution is 7.89. The zero-order chi connectivity index (χ0) is 20.4. The van der Waals surface area contributed by atoms with E-state index in [1.807, 2.05) is 26.0 Å². The second-order valence-electron chi connectivity index (χ2n) is 7.77. The van der Waals surface area contributed by atoms with Gasteiger partial charge in [0.05, 0.1) is 4.90 Å². The lowest BCUT2D eigenvalue weighted by atomic mass is 9.85. The molecule has 5 nitrogen and oxygen atoms in total. The maximum absolute atomic E-state index is 12.0. The number of hydrogen-bond acceptors (Lipinski definition) is 4. The van der Waals surface area contributed by atoms with Gasteiger partial charge in [0.15, 0.2) is 0 Å². The van der Waals surface area contributed by atoms with Gasteiger partial charge < -0.3 is 4.55 Å². The first-order valence-corrected chi connectivity index (χ1v) is 12.4. The molecule has 1 unspecified atom stereocenters. The highest BCUT2D eigenvalue weighted by Crippen LogP contribution is 2.27. The average Bonchev–Trinajstić information content (AvgIpc) is 2.60. The van der Waals surface area contributed by atoms with E-state index in [1.165, 1.54) is 44.1 Å². The van der Waals surface area contributed by atoms with Gasteiger partial charge >= 0.3 is 0 Å². The van der Waals surface area contributed by atoms with Crippen molar-refractivity contribution in [2.24, 2.45) is 5.92 Å². The zero-order valence-electron chi connectivity index (χ0n) is 16.9. The molecule has 1 N–H and O–H groups in total. The van der Waals surface area contributed by atoms with Gasteiger partial charge in [0.2, 0.25) is 10.0 Å². The quantitative estimate of drug-likeness (QED) is 0.676. The maximum Gasteiger partial charge on any atom is 0.240 e. The van der Waals surface area contributed by atoms with E-state index >= 15 is 0 Å². The van der Waals surface area contributed by atoms with Crippen LogP contribution >= 0.6 is 0 Å². The van der Waals surface area contributed by atoms with Gasteiger partial charge in [-0.1, -0.05) is 69.2 Å². The van der Waals surface area contributed by atoms with E-state index in [0.717, 1.165) is 12.3 Å². The van der Waals surface area contributed by atoms with E-state index in [-0.39, 0.29) is 11.3 Å². The molecule has 1 aliphatic carbocycles. The van der Waals surface area contributed by atoms with Crippen LogP contribution in [0.3, 0.4) is 0 Å². The van der Waals surface area contributed by atoms with Crippen LogP contribution in [0.4, 0.5) is 0 Å². The maximum atomic E-state index is 12.0. The fourth-order valence-corrected chi connectivity index (χ4v) is 4.31. The van der Waals surface area contributed by atoms with Crippen LogP contribution in [0.1, 0.15) is 71.8 Å². The van der Waals surface area contributed by atoms with Gasteiger partial charge in [-0.15, -0.1) is 0 Å². The third-order valence-corrected chi connectivity index (χ3v) is 7.02. The van der Waals surface area contributed by atoms with Crippen molar-refractivity contribution in [3.8, 4) is 0 Å². The molecule has 7 heteroatoms. The third-order valence-electron chi connectivity index (χ3n) is 4.58. The Morgan fingerprint density at radius 3 is 2.04 bits per heavy atom. The van der Waals surface area contributed by atoms with Gasteiger partial charge in [-0.25, -0.2) is 13.1 Å². The van der Waals surface area contributed by atoms with Crippen molar-refractivity contribution in [1.29, 1.82) is 0 Å². The Balaban J connectivity index is 0.000000527. The zero-order valence-corrected chi connectivity index (χ0v) is 18.6. The van der Waals surface area contributed by atoms with Gasteiger partial charge in [-0.05, 0) is 50.3 Å². The molecular formula is C20H34NO4S2-. The summed E-state index contributed by atoms with van der Waals surface area (Å²) in [6.07, 6.45) is 9.17. The Bertz CT molecular complexity index is 664. The molecule has 0 heterocycles. The van der Waals surface area contributed by atoms with Crippen LogP contribution in [0, 0.1) is 5.92 Å². The second kappa shape index (κ2) is 11.9. The molecule has 0 radical (unpaired) electrons. The average molecular weight is 417 g/mol. The van der Waals surface area contributed by atoms with Crippen LogP contribution in [0.15, 0.2) is 29.2 Å². The molecule has 156 valence electrons. The third kappa shape index (κ3) is 9.83. The minimum absolute atomic E-state index is 0.0824. The molecular weight excluding hydrogens is 382 g/mol. The molecule has 2 rings (SSSR count). The summed E-state index contributed by atoms with van der Waals surface area (Å²) in [5.41, 5.74) is 1.24. The highest BCUT2D eigenvalue weighted by atomic mass is 32.2. The lowest BCUT2D eigenvalue weighted by Gasteiger charge is -2.21. The van der Waals surface area contributed by atoms with E-state index in [2.05, 4.69) is 4.72 Å². The summed E-state index contributed by atoms with van der Waals surface area (Å²) in [5.74, 6) is 0.866. The number of benzene rings is 1. The van der Waals surface area contributed by atoms with Crippen LogP contribution in [-0.4, -0.2) is 28.5 Å². The summed E-state index contributed by atoms with van der Waals surface area (Å²) < 4.78 is 46.1. The molecule has 1 fully saturated rings. The molecule has 1 atom stereocenters. The Kier molecular flexibility index (Phi) is 10.7. The van der Waals surface area contributed by atoms with Crippen molar-refractivity contribution >= 4 is 21.1 Å². The van der Waals surface area contributed by atoms with Crippen LogP contribution in [0.25, 0.3) is 0 Å². The van der Waals surface area contributed by atoms with Crippen LogP contribution in [0.5, 0.6) is 0 Å². The van der Waals surface area contributed by atoms with E-state index in [4.69, 9.17) is 0 Å². The molecule has 0 bridgehead atoms. The van der Waals surface area contributed by atoms with Crippen molar-refractivity contribution in [2.75, 3.05) is 0 Å². The summed E-state index contributed by atoms with van der Waals surface area (Å²) in [6, 6.07) is 7.28. The lowest BCUT2D eigenvalue weighted by Crippen LogP contribution is -2.30. The monoisotopic (exact) mass is 416 g/mol. The van der Waals surface area contributed by atoms with Gasteiger partial charge in [0, 0.05) is 11.3 Å². The minimum Gasteiger partial charge on any atom is -0.772 e. The van der Waals surface area contributed by atoms with Crippen molar-refractivity contribution in [3.63, 3.8) is 0 Å². The lowest BCUT2D eigenvalue weighted by molar-refractivity contribution is 0.339. The van der Waals surface area contributed by atoms with Gasteiger partial charge in [0.1, 0.15) is 0 Å². The highest BCUT2D eigenvalue weighted by Gasteiger charge is 2.16. The fourth-order valence-electron chi connectivity index (χ4n) is 3.06. The molecule has 0 aromatic heterocycles. The van der Waals surface area contributed by atoms with Gasteiger partial charge in [0.25, 0.3) is 0 Å². The predicted octanol–water partition coefficient (Wildman–Crippen LogP) is 4.16. The summed E-state index contributed by atoms with van der Waals surface area (Å²) >= 11 is -1.87. The fraction of sp³-hybridized carbons (Fsp3) is 0.700. The standard InChI is InChI=1S/C17H27NO2S.C3H8O2S/c1-14(2)18-21(19,20)17-12-10-16(11-13-17)9-8-15-6-4-3-5-7-15;1-3(2)6(4)5/h10-15,18H,3-9H2,1-2H3;3H,1-2H3,(H,4,5)/p-1. The molecule has 0 saturated heterocycles. The Labute approximate surface area is 167 Å². The first kappa shape index (κ1) is 24.3. The first-order chi connectivity index (χ1) is 12.6. The molecule has 0 amide bonds. The molecule has 1 aliphatic rings. The SMILES string of the molecule is CC(C)NS(=O)(=O)c1ccc(CCC2CCCCC2)cc1.CC(C)S(=O)[O-]. The normalized spacial score (nSPS) is 16.9. The number of aryl methyl sites for hydroxylation is 1. The Morgan fingerprint density at radius 2 is 1.59 bits per heavy atom. The molecule has 0 spiro atoms. The van der Waals surface area contributed by atoms with Crippen LogP contribution < -0.4 is 4.72 Å². The molecule has 1 aromatic carbocycles. The van der Waals surface area contributed by atoms with Crippen molar-refractivity contribution < 1.29 is 17.2 Å². The molecule has 27 heavy (non-hydrogen) atoms. The molecule has 0 aliphatic heterocycles. The number of nitrogens with one attached hydrogen (secondary N) is 1. The van der Waals surface area contributed by atoms with Gasteiger partial charge in [-0.3, -0.25) is 4.21 Å². The smallest absolute Gasteiger partial charge is 0.240 e. The van der Waals surface area contributed by atoms with Crippen LogP contribution in [-0.2, 0) is 27.5 Å². The molecule has 1 saturated carbocycles. The number of sulfonamides is 1. The Hall–Kier alpha value is -0.760. The largest absolute Gasteiger partial charge is 0.772 e. The summed E-state index contributed by atoms with van der Waals surface area (Å²) in [7, 11) is -3.36.